The van der Waals surface area contributed by atoms with E-state index in [4.69, 9.17) is 15.7 Å². The molecule has 2 N–H and O–H groups in total. The first-order valence-electron chi connectivity index (χ1n) is 5.08. The summed E-state index contributed by atoms with van der Waals surface area (Å²) < 4.78 is 4.80. The standard InChI is InChI=1S/C12H14N2O2/c1-2-16-12(15)11(14)7-9-4-3-5-10(6-9)8-13/h3-6,11H,2,7,14H2,1H3. The van der Waals surface area contributed by atoms with Crippen molar-refractivity contribution in [1.82, 2.24) is 0 Å². The summed E-state index contributed by atoms with van der Waals surface area (Å²) in [5.41, 5.74) is 7.09. The number of hydrogen-bond acceptors (Lipinski definition) is 4. The van der Waals surface area contributed by atoms with Gasteiger partial charge in [0, 0.05) is 0 Å². The molecule has 4 heteroatoms. The van der Waals surface area contributed by atoms with Crippen molar-refractivity contribution in [3.63, 3.8) is 0 Å². The van der Waals surface area contributed by atoms with E-state index in [2.05, 4.69) is 0 Å². The number of rotatable bonds is 4. The van der Waals surface area contributed by atoms with Crippen LogP contribution in [0, 0.1) is 11.3 Å². The zero-order valence-corrected chi connectivity index (χ0v) is 9.14. The first-order chi connectivity index (χ1) is 7.67. The highest BCUT2D eigenvalue weighted by Gasteiger charge is 2.14. The third kappa shape index (κ3) is 3.37. The summed E-state index contributed by atoms with van der Waals surface area (Å²) in [6, 6.07) is 8.40. The first kappa shape index (κ1) is 12.2. The summed E-state index contributed by atoms with van der Waals surface area (Å²) in [6.45, 7) is 2.06. The number of ether oxygens (including phenoxy) is 1. The van der Waals surface area contributed by atoms with Crippen LogP contribution in [-0.2, 0) is 16.0 Å². The Morgan fingerprint density at radius 1 is 1.62 bits per heavy atom. The van der Waals surface area contributed by atoms with Gasteiger partial charge in [-0.3, -0.25) is 4.79 Å². The van der Waals surface area contributed by atoms with Crippen molar-refractivity contribution in [3.8, 4) is 6.07 Å². The van der Waals surface area contributed by atoms with Crippen molar-refractivity contribution in [2.75, 3.05) is 6.61 Å². The van der Waals surface area contributed by atoms with Crippen LogP contribution in [0.25, 0.3) is 0 Å². The lowest BCUT2D eigenvalue weighted by atomic mass is 10.0. The highest BCUT2D eigenvalue weighted by molar-refractivity contribution is 5.75. The van der Waals surface area contributed by atoms with Crippen LogP contribution >= 0.6 is 0 Å². The summed E-state index contributed by atoms with van der Waals surface area (Å²) in [4.78, 5) is 11.3. The normalized spacial score (nSPS) is 11.6. The van der Waals surface area contributed by atoms with Crippen molar-refractivity contribution in [3.05, 3.63) is 35.4 Å². The number of nitriles is 1. The van der Waals surface area contributed by atoms with Crippen LogP contribution in [0.15, 0.2) is 24.3 Å². The van der Waals surface area contributed by atoms with Gasteiger partial charge in [-0.1, -0.05) is 12.1 Å². The number of benzene rings is 1. The maximum atomic E-state index is 11.3. The van der Waals surface area contributed by atoms with Crippen LogP contribution in [0.5, 0.6) is 0 Å². The van der Waals surface area contributed by atoms with E-state index in [9.17, 15) is 4.79 Å². The van der Waals surface area contributed by atoms with Gasteiger partial charge >= 0.3 is 5.97 Å². The molecule has 0 saturated heterocycles. The maximum absolute atomic E-state index is 11.3. The van der Waals surface area contributed by atoms with E-state index in [-0.39, 0.29) is 0 Å². The Kier molecular flexibility index (Phi) is 4.49. The van der Waals surface area contributed by atoms with Crippen molar-refractivity contribution in [2.24, 2.45) is 5.73 Å². The molecular formula is C12H14N2O2. The largest absolute Gasteiger partial charge is 0.465 e. The molecule has 0 fully saturated rings. The smallest absolute Gasteiger partial charge is 0.323 e. The van der Waals surface area contributed by atoms with Crippen LogP contribution in [-0.4, -0.2) is 18.6 Å². The molecule has 1 aromatic carbocycles. The Bertz CT molecular complexity index is 410. The fourth-order valence-electron chi connectivity index (χ4n) is 1.35. The van der Waals surface area contributed by atoms with Crippen molar-refractivity contribution >= 4 is 5.97 Å². The fourth-order valence-corrected chi connectivity index (χ4v) is 1.35. The molecule has 0 aromatic heterocycles. The SMILES string of the molecule is CCOC(=O)C(N)Cc1cccc(C#N)c1. The van der Waals surface area contributed by atoms with Crippen LogP contribution in [0.3, 0.4) is 0 Å². The molecule has 0 saturated carbocycles. The molecule has 1 rings (SSSR count). The molecule has 4 nitrogen and oxygen atoms in total. The van der Waals surface area contributed by atoms with E-state index < -0.39 is 12.0 Å². The summed E-state index contributed by atoms with van der Waals surface area (Å²) in [6.07, 6.45) is 0.383. The summed E-state index contributed by atoms with van der Waals surface area (Å²) in [7, 11) is 0. The second-order valence-corrected chi connectivity index (χ2v) is 3.37. The molecule has 1 unspecified atom stereocenters. The van der Waals surface area contributed by atoms with Gasteiger partial charge in [0.05, 0.1) is 18.2 Å². The predicted molar refractivity (Wildman–Crippen MR) is 59.5 cm³/mol. The molecule has 16 heavy (non-hydrogen) atoms. The molecule has 0 amide bonds. The fraction of sp³-hybridized carbons (Fsp3) is 0.333. The van der Waals surface area contributed by atoms with Crippen LogP contribution in [0.1, 0.15) is 18.1 Å². The van der Waals surface area contributed by atoms with Gasteiger partial charge in [-0.2, -0.15) is 5.26 Å². The Balaban J connectivity index is 2.66. The average Bonchev–Trinajstić information content (AvgIpc) is 2.29. The van der Waals surface area contributed by atoms with Crippen molar-refractivity contribution in [2.45, 2.75) is 19.4 Å². The molecule has 1 aromatic rings. The van der Waals surface area contributed by atoms with Gasteiger partial charge in [0.2, 0.25) is 0 Å². The van der Waals surface area contributed by atoms with Gasteiger partial charge in [-0.15, -0.1) is 0 Å². The van der Waals surface area contributed by atoms with E-state index in [1.165, 1.54) is 0 Å². The zero-order valence-electron chi connectivity index (χ0n) is 9.14. The Labute approximate surface area is 94.6 Å². The molecule has 0 heterocycles. The molecule has 0 aliphatic heterocycles. The molecule has 0 aliphatic rings. The first-order valence-corrected chi connectivity index (χ1v) is 5.08. The molecule has 0 aliphatic carbocycles. The Morgan fingerprint density at radius 3 is 3.00 bits per heavy atom. The zero-order chi connectivity index (χ0) is 12.0. The van der Waals surface area contributed by atoms with E-state index in [0.29, 0.717) is 18.6 Å². The van der Waals surface area contributed by atoms with Crippen molar-refractivity contribution in [1.29, 1.82) is 5.26 Å². The highest BCUT2D eigenvalue weighted by Crippen LogP contribution is 2.07. The summed E-state index contributed by atoms with van der Waals surface area (Å²) in [5, 5.41) is 8.72. The Hall–Kier alpha value is -1.86. The minimum atomic E-state index is -0.672. The van der Waals surface area contributed by atoms with Crippen molar-refractivity contribution < 1.29 is 9.53 Å². The summed E-state index contributed by atoms with van der Waals surface area (Å²) >= 11 is 0. The van der Waals surface area contributed by atoms with E-state index >= 15 is 0 Å². The van der Waals surface area contributed by atoms with E-state index in [1.54, 1.807) is 25.1 Å². The van der Waals surface area contributed by atoms with Gasteiger partial charge in [-0.05, 0) is 31.0 Å². The number of nitrogens with zero attached hydrogens (tertiary/aromatic N) is 1. The lowest BCUT2D eigenvalue weighted by Crippen LogP contribution is -2.34. The molecule has 84 valence electrons. The average molecular weight is 218 g/mol. The predicted octanol–water partition coefficient (Wildman–Crippen LogP) is 0.991. The van der Waals surface area contributed by atoms with Crippen LogP contribution in [0.2, 0.25) is 0 Å². The lowest BCUT2D eigenvalue weighted by Gasteiger charge is -2.10. The number of carbonyl (C=O) groups excluding carboxylic acids is 1. The minimum Gasteiger partial charge on any atom is -0.465 e. The third-order valence-corrected chi connectivity index (χ3v) is 2.10. The van der Waals surface area contributed by atoms with Gasteiger partial charge in [0.1, 0.15) is 6.04 Å². The molecular weight excluding hydrogens is 204 g/mol. The monoisotopic (exact) mass is 218 g/mol. The topological polar surface area (TPSA) is 76.1 Å². The molecule has 0 radical (unpaired) electrons. The van der Waals surface area contributed by atoms with Gasteiger partial charge in [-0.25, -0.2) is 0 Å². The maximum Gasteiger partial charge on any atom is 0.323 e. The molecule has 0 spiro atoms. The third-order valence-electron chi connectivity index (χ3n) is 2.10. The second kappa shape index (κ2) is 5.89. The van der Waals surface area contributed by atoms with Gasteiger partial charge in [0.15, 0.2) is 0 Å². The van der Waals surface area contributed by atoms with Crippen LogP contribution in [0.4, 0.5) is 0 Å². The minimum absolute atomic E-state index is 0.324. The number of carbonyl (C=O) groups is 1. The number of hydrogen-bond donors (Lipinski definition) is 1. The van der Waals surface area contributed by atoms with Gasteiger partial charge < -0.3 is 10.5 Å². The highest BCUT2D eigenvalue weighted by atomic mass is 16.5. The number of esters is 1. The molecule has 1 atom stereocenters. The van der Waals surface area contributed by atoms with E-state index in [1.807, 2.05) is 12.1 Å². The molecule has 0 bridgehead atoms. The Morgan fingerprint density at radius 2 is 2.38 bits per heavy atom. The van der Waals surface area contributed by atoms with Crippen LogP contribution < -0.4 is 5.73 Å². The lowest BCUT2D eigenvalue weighted by molar-refractivity contribution is -0.144. The summed E-state index contributed by atoms with van der Waals surface area (Å²) in [5.74, 6) is -0.412. The number of nitrogens with two attached hydrogens (primary N) is 1. The van der Waals surface area contributed by atoms with E-state index in [0.717, 1.165) is 5.56 Å². The second-order valence-electron chi connectivity index (χ2n) is 3.37. The quantitative estimate of drug-likeness (QED) is 0.764. The van der Waals surface area contributed by atoms with Gasteiger partial charge in [0.25, 0.3) is 0 Å².